The molecule has 92 valence electrons. The number of pyridine rings is 1. The summed E-state index contributed by atoms with van der Waals surface area (Å²) in [5, 5.41) is 0. The van der Waals surface area contributed by atoms with Crippen LogP contribution in [0.25, 0.3) is 0 Å². The number of aromatic nitrogens is 1. The topological polar surface area (TPSA) is 42.4 Å². The summed E-state index contributed by atoms with van der Waals surface area (Å²) in [5.41, 5.74) is 0.750. The molecular formula is C11H12F2N2O2. The average Bonchev–Trinajstić information content (AvgIpc) is 2.77. The van der Waals surface area contributed by atoms with Crippen LogP contribution < -0.4 is 9.64 Å². The van der Waals surface area contributed by atoms with Crippen molar-refractivity contribution >= 4 is 12.0 Å². The Morgan fingerprint density at radius 2 is 2.41 bits per heavy atom. The van der Waals surface area contributed by atoms with Crippen molar-refractivity contribution in [2.24, 2.45) is 5.92 Å². The Hall–Kier alpha value is -1.72. The molecule has 2 heterocycles. The third-order valence-electron chi connectivity index (χ3n) is 2.71. The van der Waals surface area contributed by atoms with Gasteiger partial charge in [-0.15, -0.1) is 0 Å². The number of halogens is 2. The van der Waals surface area contributed by atoms with Gasteiger partial charge < -0.3 is 14.4 Å². The van der Waals surface area contributed by atoms with Gasteiger partial charge in [-0.25, -0.2) is 4.98 Å². The predicted molar refractivity (Wildman–Crippen MR) is 57.3 cm³/mol. The van der Waals surface area contributed by atoms with Gasteiger partial charge in [0, 0.05) is 37.0 Å². The van der Waals surface area contributed by atoms with Crippen LogP contribution >= 0.6 is 0 Å². The third-order valence-corrected chi connectivity index (χ3v) is 2.71. The zero-order valence-electron chi connectivity index (χ0n) is 9.05. The van der Waals surface area contributed by atoms with Gasteiger partial charge in [-0.1, -0.05) is 0 Å². The summed E-state index contributed by atoms with van der Waals surface area (Å²) in [4.78, 5) is 16.3. The standard InChI is InChI=1S/C11H12F2N2O2/c12-11(13)17-10-5-9(1-3-14-10)15-4-2-8(6-15)7-16/h1,3,5,7-8,11H,2,4,6H2/t8-/m1/s1. The summed E-state index contributed by atoms with van der Waals surface area (Å²) in [7, 11) is 0. The van der Waals surface area contributed by atoms with Crippen LogP contribution in [0.4, 0.5) is 14.5 Å². The lowest BCUT2D eigenvalue weighted by molar-refractivity contribution is -0.110. The fourth-order valence-corrected chi connectivity index (χ4v) is 1.88. The highest BCUT2D eigenvalue weighted by Crippen LogP contribution is 2.25. The molecule has 0 saturated carbocycles. The van der Waals surface area contributed by atoms with Crippen molar-refractivity contribution in [2.45, 2.75) is 13.0 Å². The molecule has 2 rings (SSSR count). The molecule has 1 aromatic heterocycles. The van der Waals surface area contributed by atoms with Gasteiger partial charge in [0.1, 0.15) is 6.29 Å². The quantitative estimate of drug-likeness (QED) is 0.754. The van der Waals surface area contributed by atoms with E-state index in [0.717, 1.165) is 24.9 Å². The van der Waals surface area contributed by atoms with Gasteiger partial charge in [0.2, 0.25) is 5.88 Å². The molecule has 0 N–H and O–H groups in total. The first-order valence-electron chi connectivity index (χ1n) is 5.30. The Bertz CT molecular complexity index is 401. The van der Waals surface area contributed by atoms with Crippen molar-refractivity contribution in [1.29, 1.82) is 0 Å². The highest BCUT2D eigenvalue weighted by molar-refractivity contribution is 5.58. The molecule has 17 heavy (non-hydrogen) atoms. The van der Waals surface area contributed by atoms with E-state index in [1.54, 1.807) is 6.07 Å². The molecule has 6 heteroatoms. The van der Waals surface area contributed by atoms with E-state index < -0.39 is 6.61 Å². The predicted octanol–water partition coefficient (Wildman–Crippen LogP) is 1.71. The minimum atomic E-state index is -2.88. The molecule has 1 aliphatic rings. The van der Waals surface area contributed by atoms with Gasteiger partial charge in [0.05, 0.1) is 0 Å². The van der Waals surface area contributed by atoms with Crippen LogP contribution in [0, 0.1) is 5.92 Å². The third kappa shape index (κ3) is 2.89. The molecule has 0 amide bonds. The SMILES string of the molecule is O=C[C@@H]1CCN(c2ccnc(OC(F)F)c2)C1. The van der Waals surface area contributed by atoms with E-state index in [1.165, 1.54) is 12.3 Å². The molecule has 0 aliphatic carbocycles. The number of anilines is 1. The number of alkyl halides is 2. The summed E-state index contributed by atoms with van der Waals surface area (Å²) < 4.78 is 28.3. The summed E-state index contributed by atoms with van der Waals surface area (Å²) in [6.45, 7) is -1.53. The minimum absolute atomic E-state index is 0.0163. The van der Waals surface area contributed by atoms with Crippen molar-refractivity contribution in [1.82, 2.24) is 4.98 Å². The molecule has 0 aromatic carbocycles. The Morgan fingerprint density at radius 1 is 1.59 bits per heavy atom. The van der Waals surface area contributed by atoms with Crippen molar-refractivity contribution < 1.29 is 18.3 Å². The summed E-state index contributed by atoms with van der Waals surface area (Å²) >= 11 is 0. The van der Waals surface area contributed by atoms with E-state index >= 15 is 0 Å². The van der Waals surface area contributed by atoms with Crippen molar-refractivity contribution in [2.75, 3.05) is 18.0 Å². The summed E-state index contributed by atoms with van der Waals surface area (Å²) in [6.07, 6.45) is 3.13. The van der Waals surface area contributed by atoms with Gasteiger partial charge in [-0.3, -0.25) is 0 Å². The number of hydrogen-bond acceptors (Lipinski definition) is 4. The molecule has 4 nitrogen and oxygen atoms in total. The average molecular weight is 242 g/mol. The number of nitrogens with zero attached hydrogens (tertiary/aromatic N) is 2. The molecule has 0 spiro atoms. The van der Waals surface area contributed by atoms with E-state index in [-0.39, 0.29) is 11.8 Å². The fourth-order valence-electron chi connectivity index (χ4n) is 1.88. The number of hydrogen-bond donors (Lipinski definition) is 0. The normalized spacial score (nSPS) is 19.7. The van der Waals surface area contributed by atoms with Crippen LogP contribution in [0.5, 0.6) is 5.88 Å². The smallest absolute Gasteiger partial charge is 0.388 e. The molecular weight excluding hydrogens is 230 g/mol. The number of aldehydes is 1. The van der Waals surface area contributed by atoms with Crippen molar-refractivity contribution in [3.05, 3.63) is 18.3 Å². The van der Waals surface area contributed by atoms with Crippen molar-refractivity contribution in [3.8, 4) is 5.88 Å². The molecule has 1 fully saturated rings. The maximum Gasteiger partial charge on any atom is 0.388 e. The highest BCUT2D eigenvalue weighted by Gasteiger charge is 2.22. The second-order valence-corrected chi connectivity index (χ2v) is 3.86. The maximum absolute atomic E-state index is 12.0. The van der Waals surface area contributed by atoms with Gasteiger partial charge in [0.15, 0.2) is 0 Å². The van der Waals surface area contributed by atoms with Crippen LogP contribution in [-0.2, 0) is 4.79 Å². The van der Waals surface area contributed by atoms with E-state index in [9.17, 15) is 13.6 Å². The first kappa shape index (κ1) is 11.8. The maximum atomic E-state index is 12.0. The van der Waals surface area contributed by atoms with E-state index in [1.807, 2.05) is 4.90 Å². The van der Waals surface area contributed by atoms with Gasteiger partial charge in [-0.2, -0.15) is 8.78 Å². The molecule has 1 aliphatic heterocycles. The van der Waals surface area contributed by atoms with Crippen LogP contribution in [0.15, 0.2) is 18.3 Å². The van der Waals surface area contributed by atoms with E-state index in [2.05, 4.69) is 9.72 Å². The second-order valence-electron chi connectivity index (χ2n) is 3.86. The van der Waals surface area contributed by atoms with Crippen LogP contribution in [-0.4, -0.2) is 31.0 Å². The fraction of sp³-hybridized carbons (Fsp3) is 0.455. The number of rotatable bonds is 4. The molecule has 0 bridgehead atoms. The Morgan fingerprint density at radius 3 is 3.06 bits per heavy atom. The minimum Gasteiger partial charge on any atom is -0.417 e. The number of carbonyl (C=O) groups is 1. The van der Waals surface area contributed by atoms with Crippen molar-refractivity contribution in [3.63, 3.8) is 0 Å². The van der Waals surface area contributed by atoms with Crippen LogP contribution in [0.1, 0.15) is 6.42 Å². The zero-order chi connectivity index (χ0) is 12.3. The molecule has 1 aromatic rings. The van der Waals surface area contributed by atoms with E-state index in [4.69, 9.17) is 0 Å². The lowest BCUT2D eigenvalue weighted by atomic mass is 10.1. The Labute approximate surface area is 97.2 Å². The summed E-state index contributed by atoms with van der Waals surface area (Å²) in [6, 6.07) is 3.17. The van der Waals surface area contributed by atoms with E-state index in [0.29, 0.717) is 6.54 Å². The molecule has 0 radical (unpaired) electrons. The highest BCUT2D eigenvalue weighted by atomic mass is 19.3. The molecule has 1 atom stereocenters. The number of ether oxygens (including phenoxy) is 1. The van der Waals surface area contributed by atoms with Crippen LogP contribution in [0.3, 0.4) is 0 Å². The Balaban J connectivity index is 2.08. The lowest BCUT2D eigenvalue weighted by Crippen LogP contribution is -2.20. The Kier molecular flexibility index (Phi) is 3.51. The van der Waals surface area contributed by atoms with Gasteiger partial charge in [0.25, 0.3) is 0 Å². The largest absolute Gasteiger partial charge is 0.417 e. The molecule has 1 saturated heterocycles. The second kappa shape index (κ2) is 5.07. The number of carbonyl (C=O) groups excluding carboxylic acids is 1. The van der Waals surface area contributed by atoms with Gasteiger partial charge in [-0.05, 0) is 12.5 Å². The molecule has 0 unspecified atom stereocenters. The zero-order valence-corrected chi connectivity index (χ0v) is 9.05. The first-order valence-corrected chi connectivity index (χ1v) is 5.30. The monoisotopic (exact) mass is 242 g/mol. The van der Waals surface area contributed by atoms with Crippen LogP contribution in [0.2, 0.25) is 0 Å². The van der Waals surface area contributed by atoms with Gasteiger partial charge >= 0.3 is 6.61 Å². The summed E-state index contributed by atoms with van der Waals surface area (Å²) in [5.74, 6) is -0.0883. The lowest BCUT2D eigenvalue weighted by Gasteiger charge is -2.18. The first-order chi connectivity index (χ1) is 8.19.